The van der Waals surface area contributed by atoms with Crippen LogP contribution in [-0.4, -0.2) is 19.1 Å². The fourth-order valence-electron chi connectivity index (χ4n) is 2.02. The van der Waals surface area contributed by atoms with Crippen LogP contribution in [0.25, 0.3) is 0 Å². The summed E-state index contributed by atoms with van der Waals surface area (Å²) in [4.78, 5) is 10.0. The topological polar surface area (TPSA) is 101 Å². The molecule has 118 valence electrons. The molecule has 0 bridgehead atoms. The van der Waals surface area contributed by atoms with Crippen LogP contribution in [0.5, 0.6) is 0 Å². The molecule has 0 aliphatic heterocycles. The molecule has 23 heavy (non-hydrogen) atoms. The highest BCUT2D eigenvalue weighted by atomic mass is 32.2. The van der Waals surface area contributed by atoms with Crippen molar-refractivity contribution in [2.75, 3.05) is 5.75 Å². The Morgan fingerprint density at radius 2 is 1.87 bits per heavy atom. The van der Waals surface area contributed by atoms with Crippen molar-refractivity contribution in [3.63, 3.8) is 0 Å². The summed E-state index contributed by atoms with van der Waals surface area (Å²) in [6.45, 7) is 0. The maximum Gasteiger partial charge on any atom is 0.270 e. The molecule has 0 saturated heterocycles. The Bertz CT molecular complexity index is 845. The Hall–Kier alpha value is -2.37. The number of nitro benzene ring substituents is 1. The Morgan fingerprint density at radius 3 is 2.48 bits per heavy atom. The Labute approximate surface area is 137 Å². The smallest absolute Gasteiger partial charge is 0.258 e. The lowest BCUT2D eigenvalue weighted by molar-refractivity contribution is -0.385. The van der Waals surface area contributed by atoms with Crippen molar-refractivity contribution in [1.82, 2.24) is 0 Å². The van der Waals surface area contributed by atoms with Gasteiger partial charge in [-0.1, -0.05) is 36.4 Å². The number of nitrogens with zero attached hydrogens (tertiary/aromatic N) is 2. The summed E-state index contributed by atoms with van der Waals surface area (Å²) in [5, 5.41) is 21.1. The molecular weight excluding hydrogens is 336 g/mol. The molecule has 0 amide bonds. The van der Waals surface area contributed by atoms with Crippen LogP contribution in [0.15, 0.2) is 59.5 Å². The fourth-order valence-corrected chi connectivity index (χ4v) is 4.62. The maximum atomic E-state index is 12.5. The van der Waals surface area contributed by atoms with Gasteiger partial charge < -0.3 is 0 Å². The lowest BCUT2D eigenvalue weighted by Gasteiger charge is -2.13. The third-order valence-corrected chi connectivity index (χ3v) is 5.91. The van der Waals surface area contributed by atoms with Crippen molar-refractivity contribution in [1.29, 1.82) is 5.26 Å². The summed E-state index contributed by atoms with van der Waals surface area (Å²) >= 11 is 0.854. The lowest BCUT2D eigenvalue weighted by Crippen LogP contribution is -2.13. The van der Waals surface area contributed by atoms with Gasteiger partial charge in [0, 0.05) is 12.1 Å². The Morgan fingerprint density at radius 1 is 1.17 bits per heavy atom. The first kappa shape index (κ1) is 17.0. The van der Waals surface area contributed by atoms with Crippen molar-refractivity contribution in [3.8, 4) is 5.40 Å². The van der Waals surface area contributed by atoms with Crippen molar-refractivity contribution >= 4 is 27.3 Å². The van der Waals surface area contributed by atoms with Crippen molar-refractivity contribution in [2.45, 2.75) is 10.1 Å². The van der Waals surface area contributed by atoms with Crippen LogP contribution in [0.3, 0.4) is 0 Å². The van der Waals surface area contributed by atoms with E-state index >= 15 is 0 Å². The van der Waals surface area contributed by atoms with Crippen LogP contribution >= 0.6 is 11.8 Å². The van der Waals surface area contributed by atoms with Gasteiger partial charge in [-0.2, -0.15) is 5.26 Å². The Balaban J connectivity index is 2.34. The zero-order valence-corrected chi connectivity index (χ0v) is 13.5. The van der Waals surface area contributed by atoms with Crippen LogP contribution in [0.2, 0.25) is 0 Å². The monoisotopic (exact) mass is 348 g/mol. The number of thiocyanates is 1. The van der Waals surface area contributed by atoms with Gasteiger partial charge in [-0.05, 0) is 23.4 Å². The van der Waals surface area contributed by atoms with Crippen LogP contribution < -0.4 is 0 Å². The molecular formula is C15H12N2O4S2. The van der Waals surface area contributed by atoms with Crippen LogP contribution in [-0.2, 0) is 9.84 Å². The summed E-state index contributed by atoms with van der Waals surface area (Å²) in [5.41, 5.74) is 0.434. The minimum absolute atomic E-state index is 0.119. The minimum atomic E-state index is -3.76. The number of rotatable bonds is 6. The number of hydrogen-bond donors (Lipinski definition) is 0. The number of thioether (sulfide) groups is 1. The summed E-state index contributed by atoms with van der Waals surface area (Å²) in [6.07, 6.45) is 0. The van der Waals surface area contributed by atoms with E-state index < -0.39 is 20.0 Å². The predicted molar refractivity (Wildman–Crippen MR) is 87.5 cm³/mol. The number of nitriles is 1. The molecule has 1 atom stereocenters. The quantitative estimate of drug-likeness (QED) is 0.451. The molecule has 0 saturated carbocycles. The van der Waals surface area contributed by atoms with Crippen molar-refractivity contribution < 1.29 is 13.3 Å². The van der Waals surface area contributed by atoms with Gasteiger partial charge in [-0.25, -0.2) is 8.42 Å². The third-order valence-electron chi connectivity index (χ3n) is 3.12. The number of sulfone groups is 1. The van der Waals surface area contributed by atoms with Gasteiger partial charge in [0.2, 0.25) is 0 Å². The predicted octanol–water partition coefficient (Wildman–Crippen LogP) is 3.32. The third kappa shape index (κ3) is 4.31. The average Bonchev–Trinajstić information content (AvgIpc) is 2.55. The molecule has 0 aliphatic carbocycles. The second-order valence-corrected chi connectivity index (χ2v) is 7.67. The maximum absolute atomic E-state index is 12.5. The van der Waals surface area contributed by atoms with E-state index in [1.807, 2.05) is 5.40 Å². The molecule has 0 heterocycles. The van der Waals surface area contributed by atoms with Gasteiger partial charge in [0.05, 0.1) is 20.8 Å². The van der Waals surface area contributed by atoms with Gasteiger partial charge in [0.25, 0.3) is 5.69 Å². The molecule has 0 aromatic heterocycles. The molecule has 1 unspecified atom stereocenters. The molecule has 2 aromatic rings. The molecule has 2 aromatic carbocycles. The standard InChI is InChI=1S/C15H12N2O4S2/c16-11-22-15(12-5-2-1-3-6-12)10-23(20,21)14-8-4-7-13(9-14)17(18)19/h1-9,15H,10H2. The van der Waals surface area contributed by atoms with E-state index in [0.717, 1.165) is 17.8 Å². The molecule has 8 heteroatoms. The van der Waals surface area contributed by atoms with E-state index in [4.69, 9.17) is 5.26 Å². The number of nitro groups is 1. The van der Waals surface area contributed by atoms with Crippen molar-refractivity contribution in [2.24, 2.45) is 0 Å². The molecule has 0 fully saturated rings. The number of benzene rings is 2. The van der Waals surface area contributed by atoms with E-state index in [-0.39, 0.29) is 16.3 Å². The van der Waals surface area contributed by atoms with Gasteiger partial charge in [-0.3, -0.25) is 10.1 Å². The first-order valence-corrected chi connectivity index (χ1v) is 9.04. The van der Waals surface area contributed by atoms with E-state index in [2.05, 4.69) is 0 Å². The minimum Gasteiger partial charge on any atom is -0.258 e. The van der Waals surface area contributed by atoms with Crippen molar-refractivity contribution in [3.05, 3.63) is 70.3 Å². The highest BCUT2D eigenvalue weighted by molar-refractivity contribution is 8.04. The highest BCUT2D eigenvalue weighted by Gasteiger charge is 2.24. The summed E-state index contributed by atoms with van der Waals surface area (Å²) in [7, 11) is -3.76. The Kier molecular flexibility index (Phi) is 5.36. The van der Waals surface area contributed by atoms with E-state index in [1.165, 1.54) is 18.2 Å². The fraction of sp³-hybridized carbons (Fsp3) is 0.133. The number of hydrogen-bond acceptors (Lipinski definition) is 6. The SMILES string of the molecule is N#CSC(CS(=O)(=O)c1cccc([N+](=O)[O-])c1)c1ccccc1. The van der Waals surface area contributed by atoms with E-state index in [0.29, 0.717) is 5.56 Å². The van der Waals surface area contributed by atoms with E-state index in [9.17, 15) is 18.5 Å². The molecule has 0 spiro atoms. The lowest BCUT2D eigenvalue weighted by atomic mass is 10.2. The summed E-state index contributed by atoms with van der Waals surface area (Å²) < 4.78 is 25.0. The molecule has 0 radical (unpaired) electrons. The first-order chi connectivity index (χ1) is 10.9. The molecule has 6 nitrogen and oxygen atoms in total. The summed E-state index contributed by atoms with van der Waals surface area (Å²) in [6, 6.07) is 13.7. The molecule has 2 rings (SSSR count). The summed E-state index contributed by atoms with van der Waals surface area (Å²) in [5.74, 6) is -0.309. The largest absolute Gasteiger partial charge is 0.270 e. The normalized spacial score (nSPS) is 12.3. The van der Waals surface area contributed by atoms with Gasteiger partial charge >= 0.3 is 0 Å². The van der Waals surface area contributed by atoms with Crippen LogP contribution in [0.4, 0.5) is 5.69 Å². The first-order valence-electron chi connectivity index (χ1n) is 6.51. The highest BCUT2D eigenvalue weighted by Crippen LogP contribution is 2.32. The van der Waals surface area contributed by atoms with Crippen LogP contribution in [0, 0.1) is 20.8 Å². The van der Waals surface area contributed by atoms with E-state index in [1.54, 1.807) is 30.3 Å². The van der Waals surface area contributed by atoms with Gasteiger partial charge in [-0.15, -0.1) is 0 Å². The second-order valence-electron chi connectivity index (χ2n) is 4.64. The zero-order chi connectivity index (χ0) is 16.9. The average molecular weight is 348 g/mol. The molecule has 0 N–H and O–H groups in total. The van der Waals surface area contributed by atoms with Gasteiger partial charge in [0.15, 0.2) is 9.84 Å². The van der Waals surface area contributed by atoms with Crippen LogP contribution in [0.1, 0.15) is 10.8 Å². The van der Waals surface area contributed by atoms with Gasteiger partial charge in [0.1, 0.15) is 5.40 Å². The zero-order valence-electron chi connectivity index (χ0n) is 11.8. The number of non-ortho nitro benzene ring substituents is 1. The second kappa shape index (κ2) is 7.26. The molecule has 0 aliphatic rings.